The number of quaternary nitrogens is 2. The van der Waals surface area contributed by atoms with E-state index in [9.17, 15) is 19.2 Å². The monoisotopic (exact) mass is 772 g/mol. The number of benzene rings is 2. The fourth-order valence-electron chi connectivity index (χ4n) is 6.24. The average Bonchev–Trinajstić information content (AvgIpc) is 3.54. The molecule has 0 atom stereocenters. The Hall–Kier alpha value is -1.90. The lowest BCUT2D eigenvalue weighted by molar-refractivity contribution is -0.897. The number of carbonyl (C=O) groups excluding carboxylic acids is 4. The van der Waals surface area contributed by atoms with Gasteiger partial charge in [0.2, 0.25) is 11.8 Å². The second kappa shape index (κ2) is 13.4. The lowest BCUT2D eigenvalue weighted by atomic mass is 9.82. The van der Waals surface area contributed by atoms with Gasteiger partial charge in [-0.3, -0.25) is 19.2 Å². The van der Waals surface area contributed by atoms with E-state index < -0.39 is 0 Å². The van der Waals surface area contributed by atoms with Gasteiger partial charge in [-0.1, -0.05) is 24.3 Å². The van der Waals surface area contributed by atoms with Gasteiger partial charge >= 0.3 is 0 Å². The number of halogens is 2. The number of ketones is 2. The molecule has 0 bridgehead atoms. The summed E-state index contributed by atoms with van der Waals surface area (Å²) in [4.78, 5) is 53.2. The van der Waals surface area contributed by atoms with Crippen molar-refractivity contribution in [2.75, 3.05) is 64.0 Å². The van der Waals surface area contributed by atoms with Crippen molar-refractivity contribution < 1.29 is 76.1 Å². The van der Waals surface area contributed by atoms with Crippen LogP contribution in [0, 0.1) is 0 Å². The molecule has 2 amide bonds. The molecule has 2 N–H and O–H groups in total. The molecular formula is C30H38I2N4O4. The van der Waals surface area contributed by atoms with E-state index in [0.29, 0.717) is 35.3 Å². The Kier molecular flexibility index (Phi) is 10.9. The molecule has 0 unspecified atom stereocenters. The minimum Gasteiger partial charge on any atom is -1.00 e. The number of likely N-dealkylation sites (tertiary alicyclic amines) is 2. The fraction of sp³-hybridized carbons (Fsp3) is 0.467. The van der Waals surface area contributed by atoms with Crippen LogP contribution in [0.1, 0.15) is 70.4 Å². The quantitative estimate of drug-likeness (QED) is 0.198. The molecule has 3 aliphatic rings. The van der Waals surface area contributed by atoms with Crippen LogP contribution in [0.3, 0.4) is 0 Å². The largest absolute Gasteiger partial charge is 1.00 e. The molecule has 2 saturated heterocycles. The molecule has 2 heterocycles. The molecular weight excluding hydrogens is 734 g/mol. The SMILES string of the molecule is C[N+]1(CCC(=O)Nc2ccc(NC(=O)CC[N+]3(C)CCCC3)c3c2C(=O)c2ccccc2C3=O)CCCC1.[I-].[I-]. The van der Waals surface area contributed by atoms with Crippen molar-refractivity contribution >= 4 is 34.8 Å². The molecule has 10 heteroatoms. The Morgan fingerprint density at radius 1 is 0.650 bits per heavy atom. The molecule has 40 heavy (non-hydrogen) atoms. The summed E-state index contributed by atoms with van der Waals surface area (Å²) in [6.07, 6.45) is 5.36. The summed E-state index contributed by atoms with van der Waals surface area (Å²) in [7, 11) is 4.34. The zero-order valence-electron chi connectivity index (χ0n) is 23.2. The third-order valence-corrected chi connectivity index (χ3v) is 8.67. The predicted molar refractivity (Wildman–Crippen MR) is 146 cm³/mol. The van der Waals surface area contributed by atoms with E-state index in [-0.39, 0.29) is 82.5 Å². The van der Waals surface area contributed by atoms with Crippen LogP contribution in [0.4, 0.5) is 11.4 Å². The minimum absolute atomic E-state index is 0. The lowest BCUT2D eigenvalue weighted by Crippen LogP contribution is -3.00. The second-order valence-electron chi connectivity index (χ2n) is 11.7. The minimum atomic E-state index is -0.324. The van der Waals surface area contributed by atoms with Gasteiger partial charge in [-0.05, 0) is 12.1 Å². The van der Waals surface area contributed by atoms with Crippen molar-refractivity contribution in [3.8, 4) is 0 Å². The van der Waals surface area contributed by atoms with Crippen LogP contribution in [-0.4, -0.2) is 85.7 Å². The first-order valence-corrected chi connectivity index (χ1v) is 13.8. The van der Waals surface area contributed by atoms with Gasteiger partial charge in [0.15, 0.2) is 11.6 Å². The van der Waals surface area contributed by atoms with E-state index in [0.717, 1.165) is 48.2 Å². The third-order valence-electron chi connectivity index (χ3n) is 8.67. The van der Waals surface area contributed by atoms with Gasteiger partial charge in [0.1, 0.15) is 0 Å². The van der Waals surface area contributed by atoms with Crippen LogP contribution < -0.4 is 58.6 Å². The Morgan fingerprint density at radius 3 is 1.35 bits per heavy atom. The number of hydrogen-bond donors (Lipinski definition) is 2. The number of nitrogens with zero attached hydrogens (tertiary/aromatic N) is 2. The van der Waals surface area contributed by atoms with Crippen LogP contribution in [0.5, 0.6) is 0 Å². The maximum Gasteiger partial charge on any atom is 0.230 e. The van der Waals surface area contributed by atoms with E-state index in [1.165, 1.54) is 25.7 Å². The molecule has 0 spiro atoms. The summed E-state index contributed by atoms with van der Waals surface area (Å²) < 4.78 is 1.75. The highest BCUT2D eigenvalue weighted by Gasteiger charge is 2.35. The maximum atomic E-state index is 13.6. The van der Waals surface area contributed by atoms with Crippen LogP contribution >= 0.6 is 0 Å². The van der Waals surface area contributed by atoms with Crippen molar-refractivity contribution in [3.63, 3.8) is 0 Å². The summed E-state index contributed by atoms with van der Waals surface area (Å²) in [5, 5.41) is 5.81. The maximum absolute atomic E-state index is 13.6. The third kappa shape index (κ3) is 6.93. The Balaban J connectivity index is 0.00000220. The summed E-state index contributed by atoms with van der Waals surface area (Å²) >= 11 is 0. The summed E-state index contributed by atoms with van der Waals surface area (Å²) in [6.45, 7) is 5.74. The molecule has 0 radical (unpaired) electrons. The fourth-order valence-corrected chi connectivity index (χ4v) is 6.24. The van der Waals surface area contributed by atoms with E-state index >= 15 is 0 Å². The number of carbonyl (C=O) groups is 4. The van der Waals surface area contributed by atoms with Crippen molar-refractivity contribution in [2.24, 2.45) is 0 Å². The van der Waals surface area contributed by atoms with E-state index in [4.69, 9.17) is 0 Å². The summed E-state index contributed by atoms with van der Waals surface area (Å²) in [5.74, 6) is -1.01. The number of amides is 2. The normalized spacial score (nSPS) is 18.1. The highest BCUT2D eigenvalue weighted by molar-refractivity contribution is 6.32. The van der Waals surface area contributed by atoms with Gasteiger partial charge in [-0.2, -0.15) is 0 Å². The van der Waals surface area contributed by atoms with Gasteiger partial charge in [-0.15, -0.1) is 0 Å². The first kappa shape index (κ1) is 32.6. The van der Waals surface area contributed by atoms with Gasteiger partial charge in [0, 0.05) is 36.8 Å². The molecule has 2 aromatic rings. The number of anilines is 2. The van der Waals surface area contributed by atoms with Crippen LogP contribution in [0.2, 0.25) is 0 Å². The summed E-state index contributed by atoms with van der Waals surface area (Å²) in [6, 6.07) is 9.97. The molecule has 216 valence electrons. The van der Waals surface area contributed by atoms with Crippen LogP contribution in [0.25, 0.3) is 0 Å². The van der Waals surface area contributed by atoms with E-state index in [1.807, 2.05) is 0 Å². The summed E-state index contributed by atoms with van der Waals surface area (Å²) in [5.41, 5.74) is 1.56. The van der Waals surface area contributed by atoms with Crippen molar-refractivity contribution in [2.45, 2.75) is 38.5 Å². The number of fused-ring (bicyclic) bond motifs is 2. The highest BCUT2D eigenvalue weighted by atomic mass is 127. The molecule has 1 aliphatic carbocycles. The van der Waals surface area contributed by atoms with E-state index in [1.54, 1.807) is 36.4 Å². The van der Waals surface area contributed by atoms with E-state index in [2.05, 4.69) is 24.7 Å². The number of hydrogen-bond acceptors (Lipinski definition) is 4. The van der Waals surface area contributed by atoms with Gasteiger partial charge in [0.05, 0.1) is 88.7 Å². The molecule has 8 nitrogen and oxygen atoms in total. The first-order valence-electron chi connectivity index (χ1n) is 13.8. The van der Waals surface area contributed by atoms with Crippen LogP contribution in [0.15, 0.2) is 36.4 Å². The highest BCUT2D eigenvalue weighted by Crippen LogP contribution is 2.37. The van der Waals surface area contributed by atoms with Crippen molar-refractivity contribution in [1.29, 1.82) is 0 Å². The molecule has 2 aliphatic heterocycles. The predicted octanol–water partition coefficient (Wildman–Crippen LogP) is -2.39. The molecule has 2 fully saturated rings. The first-order chi connectivity index (χ1) is 18.2. The lowest BCUT2D eigenvalue weighted by Gasteiger charge is -2.29. The smallest absolute Gasteiger partial charge is 0.230 e. The number of nitrogens with one attached hydrogen (secondary N) is 2. The molecule has 2 aromatic carbocycles. The van der Waals surface area contributed by atoms with Gasteiger partial charge in [0.25, 0.3) is 0 Å². The molecule has 0 aromatic heterocycles. The van der Waals surface area contributed by atoms with Crippen LogP contribution in [-0.2, 0) is 9.59 Å². The number of rotatable bonds is 8. The zero-order chi connectivity index (χ0) is 26.9. The molecule has 0 saturated carbocycles. The van der Waals surface area contributed by atoms with Crippen molar-refractivity contribution in [1.82, 2.24) is 0 Å². The Bertz CT molecular complexity index is 1200. The Morgan fingerprint density at radius 2 is 1.00 bits per heavy atom. The van der Waals surface area contributed by atoms with Crippen molar-refractivity contribution in [3.05, 3.63) is 58.7 Å². The topological polar surface area (TPSA) is 92.3 Å². The standard InChI is InChI=1S/C30H36N4O4.2HI/c1-33(15-5-6-16-33)19-13-25(35)31-23-11-12-24(32-26(36)14-20-34(2)17-7-8-18-34)28-27(23)29(37)21-9-3-4-10-22(21)30(28)38;;/h3-4,9-12H,5-8,13-20H2,1-2H3;2*1H. The van der Waals surface area contributed by atoms with Gasteiger partial charge in [-0.25, -0.2) is 0 Å². The molecule has 5 rings (SSSR count). The van der Waals surface area contributed by atoms with Gasteiger partial charge < -0.3 is 67.6 Å². The average molecular weight is 772 g/mol. The Labute approximate surface area is 270 Å². The second-order valence-corrected chi connectivity index (χ2v) is 11.7. The zero-order valence-corrected chi connectivity index (χ0v) is 27.5.